The highest BCUT2D eigenvalue weighted by atomic mass is 16.5. The van der Waals surface area contributed by atoms with Crippen LogP contribution in [0.3, 0.4) is 0 Å². The van der Waals surface area contributed by atoms with Crippen molar-refractivity contribution in [1.29, 1.82) is 0 Å². The molecule has 2 aliphatic heterocycles. The summed E-state index contributed by atoms with van der Waals surface area (Å²) in [5, 5.41) is 9.02. The largest absolute Gasteiger partial charge is 0.387 e. The topological polar surface area (TPSA) is 78.8 Å². The molecular formula is C15H22N4O3. The zero-order valence-corrected chi connectivity index (χ0v) is 12.6. The smallest absolute Gasteiger partial charge is 0.248 e. The molecule has 2 saturated heterocycles. The molecule has 0 saturated carbocycles. The Morgan fingerprint density at radius 3 is 2.91 bits per heavy atom. The summed E-state index contributed by atoms with van der Waals surface area (Å²) in [4.78, 5) is 24.4. The predicted octanol–water partition coefficient (Wildman–Crippen LogP) is 0.0115. The van der Waals surface area contributed by atoms with Crippen molar-refractivity contribution in [3.8, 4) is 0 Å². The van der Waals surface area contributed by atoms with Gasteiger partial charge in [-0.2, -0.15) is 0 Å². The van der Waals surface area contributed by atoms with Crippen molar-refractivity contribution in [3.05, 3.63) is 18.1 Å². The van der Waals surface area contributed by atoms with Gasteiger partial charge in [-0.05, 0) is 12.8 Å². The van der Waals surface area contributed by atoms with Crippen molar-refractivity contribution in [2.45, 2.75) is 18.8 Å². The minimum Gasteiger partial charge on any atom is -0.387 e. The number of hydrogen-bond donors (Lipinski definition) is 1. The standard InChI is InChI=1S/C15H22N4O3/c20-10-15(21)19-3-1-2-12(9-19)13-8-14(17-11-16-13)18-4-6-22-7-5-18/h8,11-12,20H,1-7,9-10H2. The van der Waals surface area contributed by atoms with E-state index >= 15 is 0 Å². The van der Waals surface area contributed by atoms with Gasteiger partial charge >= 0.3 is 0 Å². The summed E-state index contributed by atoms with van der Waals surface area (Å²) in [5.41, 5.74) is 0.979. The van der Waals surface area contributed by atoms with E-state index in [9.17, 15) is 4.79 Å². The molecule has 1 aromatic heterocycles. The molecule has 0 aliphatic carbocycles. The Balaban J connectivity index is 1.72. The third kappa shape index (κ3) is 3.36. The lowest BCUT2D eigenvalue weighted by Crippen LogP contribution is -2.41. The van der Waals surface area contributed by atoms with E-state index in [2.05, 4.69) is 14.9 Å². The van der Waals surface area contributed by atoms with Gasteiger partial charge in [-0.25, -0.2) is 9.97 Å². The van der Waals surface area contributed by atoms with Crippen molar-refractivity contribution < 1.29 is 14.6 Å². The number of aromatic nitrogens is 2. The lowest BCUT2D eigenvalue weighted by Gasteiger charge is -2.33. The van der Waals surface area contributed by atoms with E-state index in [0.29, 0.717) is 6.54 Å². The van der Waals surface area contributed by atoms with Gasteiger partial charge in [0.15, 0.2) is 0 Å². The molecule has 120 valence electrons. The van der Waals surface area contributed by atoms with Crippen molar-refractivity contribution in [1.82, 2.24) is 14.9 Å². The second-order valence-corrected chi connectivity index (χ2v) is 5.74. The van der Waals surface area contributed by atoms with Crippen molar-refractivity contribution in [3.63, 3.8) is 0 Å². The molecule has 3 rings (SSSR count). The van der Waals surface area contributed by atoms with Crippen LogP contribution in [0.2, 0.25) is 0 Å². The fraction of sp³-hybridized carbons (Fsp3) is 0.667. The number of morpholine rings is 1. The molecule has 3 heterocycles. The first-order valence-corrected chi connectivity index (χ1v) is 7.81. The van der Waals surface area contributed by atoms with Crippen LogP contribution in [0.25, 0.3) is 0 Å². The van der Waals surface area contributed by atoms with E-state index in [1.807, 2.05) is 6.07 Å². The lowest BCUT2D eigenvalue weighted by molar-refractivity contribution is -0.135. The van der Waals surface area contributed by atoms with E-state index in [0.717, 1.165) is 57.2 Å². The van der Waals surface area contributed by atoms with Gasteiger partial charge in [-0.1, -0.05) is 0 Å². The number of aliphatic hydroxyl groups excluding tert-OH is 1. The van der Waals surface area contributed by atoms with E-state index in [4.69, 9.17) is 9.84 Å². The second kappa shape index (κ2) is 7.02. The maximum absolute atomic E-state index is 11.7. The molecule has 0 spiro atoms. The molecule has 0 bridgehead atoms. The van der Waals surface area contributed by atoms with Crippen LogP contribution in [0.4, 0.5) is 5.82 Å². The van der Waals surface area contributed by atoms with Crippen molar-refractivity contribution >= 4 is 11.7 Å². The Kier molecular flexibility index (Phi) is 4.84. The molecule has 1 unspecified atom stereocenters. The third-order valence-electron chi connectivity index (χ3n) is 4.34. The van der Waals surface area contributed by atoms with Gasteiger partial charge in [0.25, 0.3) is 0 Å². The SMILES string of the molecule is O=C(CO)N1CCCC(c2cc(N3CCOCC3)ncn2)C1. The van der Waals surface area contributed by atoms with Crippen LogP contribution in [0.1, 0.15) is 24.5 Å². The highest BCUT2D eigenvalue weighted by molar-refractivity contribution is 5.77. The Bertz CT molecular complexity index is 519. The first-order valence-electron chi connectivity index (χ1n) is 7.81. The summed E-state index contributed by atoms with van der Waals surface area (Å²) < 4.78 is 5.37. The average molecular weight is 306 g/mol. The predicted molar refractivity (Wildman–Crippen MR) is 80.7 cm³/mol. The number of anilines is 1. The van der Waals surface area contributed by atoms with E-state index < -0.39 is 6.61 Å². The zero-order valence-electron chi connectivity index (χ0n) is 12.6. The molecule has 0 radical (unpaired) electrons. The number of carbonyl (C=O) groups excluding carboxylic acids is 1. The molecule has 2 aliphatic rings. The number of nitrogens with zero attached hydrogens (tertiary/aromatic N) is 4. The van der Waals surface area contributed by atoms with Crippen molar-refractivity contribution in [2.24, 2.45) is 0 Å². The van der Waals surface area contributed by atoms with E-state index in [1.165, 1.54) is 0 Å². The Morgan fingerprint density at radius 1 is 1.32 bits per heavy atom. The van der Waals surface area contributed by atoms with Crippen LogP contribution in [-0.2, 0) is 9.53 Å². The molecule has 1 N–H and O–H groups in total. The first kappa shape index (κ1) is 15.2. The molecule has 1 amide bonds. The second-order valence-electron chi connectivity index (χ2n) is 5.74. The molecule has 0 aromatic carbocycles. The minimum absolute atomic E-state index is 0.202. The summed E-state index contributed by atoms with van der Waals surface area (Å²) >= 11 is 0. The van der Waals surface area contributed by atoms with Crippen LogP contribution >= 0.6 is 0 Å². The summed E-state index contributed by atoms with van der Waals surface area (Å²) in [7, 11) is 0. The quantitative estimate of drug-likeness (QED) is 0.847. The molecule has 1 aromatic rings. The number of likely N-dealkylation sites (tertiary alicyclic amines) is 1. The molecule has 7 nitrogen and oxygen atoms in total. The van der Waals surface area contributed by atoms with Crippen LogP contribution < -0.4 is 4.90 Å². The van der Waals surface area contributed by atoms with Gasteiger partial charge in [0, 0.05) is 38.2 Å². The lowest BCUT2D eigenvalue weighted by atomic mass is 9.94. The minimum atomic E-state index is -0.421. The summed E-state index contributed by atoms with van der Waals surface area (Å²) in [6.45, 7) is 4.06. The summed E-state index contributed by atoms with van der Waals surface area (Å²) in [6.07, 6.45) is 3.55. The number of carbonyl (C=O) groups is 1. The van der Waals surface area contributed by atoms with Crippen molar-refractivity contribution in [2.75, 3.05) is 50.9 Å². The van der Waals surface area contributed by atoms with Gasteiger partial charge in [-0.15, -0.1) is 0 Å². The number of piperidine rings is 1. The highest BCUT2D eigenvalue weighted by Gasteiger charge is 2.26. The average Bonchev–Trinajstić information content (AvgIpc) is 2.62. The number of hydrogen-bond acceptors (Lipinski definition) is 6. The monoisotopic (exact) mass is 306 g/mol. The summed E-state index contributed by atoms with van der Waals surface area (Å²) in [5.74, 6) is 0.943. The third-order valence-corrected chi connectivity index (χ3v) is 4.34. The fourth-order valence-corrected chi connectivity index (χ4v) is 3.10. The zero-order chi connectivity index (χ0) is 15.4. The molecule has 7 heteroatoms. The highest BCUT2D eigenvalue weighted by Crippen LogP contribution is 2.27. The fourth-order valence-electron chi connectivity index (χ4n) is 3.10. The molecule has 2 fully saturated rings. The maximum Gasteiger partial charge on any atom is 0.248 e. The number of amides is 1. The van der Waals surface area contributed by atoms with Crippen LogP contribution in [0, 0.1) is 0 Å². The van der Waals surface area contributed by atoms with E-state index in [-0.39, 0.29) is 11.8 Å². The Labute approximate surface area is 129 Å². The Morgan fingerprint density at radius 2 is 2.14 bits per heavy atom. The van der Waals surface area contributed by atoms with Gasteiger partial charge in [0.2, 0.25) is 5.91 Å². The number of rotatable bonds is 3. The van der Waals surface area contributed by atoms with Gasteiger partial charge in [0.05, 0.1) is 18.9 Å². The van der Waals surface area contributed by atoms with Gasteiger partial charge in [0.1, 0.15) is 18.8 Å². The van der Waals surface area contributed by atoms with Gasteiger partial charge in [-0.3, -0.25) is 4.79 Å². The molecule has 1 atom stereocenters. The number of ether oxygens (including phenoxy) is 1. The first-order chi connectivity index (χ1) is 10.8. The molecule has 22 heavy (non-hydrogen) atoms. The van der Waals surface area contributed by atoms with Crippen LogP contribution in [-0.4, -0.2) is 71.9 Å². The number of aliphatic hydroxyl groups is 1. The van der Waals surface area contributed by atoms with E-state index in [1.54, 1.807) is 11.2 Å². The summed E-state index contributed by atoms with van der Waals surface area (Å²) in [6, 6.07) is 2.03. The normalized spacial score (nSPS) is 22.7. The molecular weight excluding hydrogens is 284 g/mol. The van der Waals surface area contributed by atoms with Crippen LogP contribution in [0.5, 0.6) is 0 Å². The maximum atomic E-state index is 11.7. The Hall–Kier alpha value is -1.73. The van der Waals surface area contributed by atoms with Crippen LogP contribution in [0.15, 0.2) is 12.4 Å². The van der Waals surface area contributed by atoms with Gasteiger partial charge < -0.3 is 19.6 Å².